The van der Waals surface area contributed by atoms with Crippen LogP contribution in [0.4, 0.5) is 5.69 Å². The third-order valence-corrected chi connectivity index (χ3v) is 6.19. The van der Waals surface area contributed by atoms with Crippen LogP contribution in [0.25, 0.3) is 5.57 Å². The number of hydrogen-bond acceptors (Lipinski definition) is 5. The van der Waals surface area contributed by atoms with E-state index in [-0.39, 0.29) is 5.91 Å². The van der Waals surface area contributed by atoms with Gasteiger partial charge in [0.05, 0.1) is 12.8 Å². The van der Waals surface area contributed by atoms with Gasteiger partial charge in [-0.1, -0.05) is 24.5 Å². The van der Waals surface area contributed by atoms with Crippen molar-refractivity contribution in [2.24, 2.45) is 4.99 Å². The second-order valence-electron chi connectivity index (χ2n) is 9.02. The largest absolute Gasteiger partial charge is 0.493 e. The van der Waals surface area contributed by atoms with Crippen LogP contribution in [0.1, 0.15) is 58.1 Å². The first-order chi connectivity index (χ1) is 16.3. The zero-order valence-electron chi connectivity index (χ0n) is 21.2. The van der Waals surface area contributed by atoms with Crippen LogP contribution >= 0.6 is 0 Å². The minimum Gasteiger partial charge on any atom is -0.493 e. The molecule has 2 aliphatic heterocycles. The lowest BCUT2D eigenvalue weighted by molar-refractivity contribution is -0.128. The van der Waals surface area contributed by atoms with Crippen molar-refractivity contribution in [2.45, 2.75) is 53.0 Å². The first-order valence-electron chi connectivity index (χ1n) is 11.9. The average molecular weight is 461 g/mol. The number of carbonyl (C=O) groups excluding carboxylic acids is 1. The molecule has 1 amide bonds. The van der Waals surface area contributed by atoms with Gasteiger partial charge in [-0.25, -0.2) is 4.99 Å². The molecule has 6 heteroatoms. The predicted molar refractivity (Wildman–Crippen MR) is 140 cm³/mol. The Hall–Kier alpha value is -3.46. The Morgan fingerprint density at radius 2 is 2.12 bits per heavy atom. The number of ether oxygens (including phenoxy) is 1. The number of allylic oxidation sites excluding steroid dienone is 4. The minimum atomic E-state index is 0.249. The van der Waals surface area contributed by atoms with Gasteiger partial charge in [0.25, 0.3) is 0 Å². The molecule has 6 nitrogen and oxygen atoms in total. The molecule has 180 valence electrons. The molecule has 1 N–H and O–H groups in total. The van der Waals surface area contributed by atoms with E-state index < -0.39 is 0 Å². The molecule has 0 radical (unpaired) electrons. The van der Waals surface area contributed by atoms with E-state index in [0.717, 1.165) is 58.1 Å². The molecular formula is C28H36N4O2. The summed E-state index contributed by atoms with van der Waals surface area (Å²) in [7, 11) is 3.61. The molecule has 1 fully saturated rings. The number of anilines is 1. The number of hydrogen-bond donors (Lipinski definition) is 1. The van der Waals surface area contributed by atoms with Crippen LogP contribution in [0.2, 0.25) is 0 Å². The molecule has 0 aliphatic carbocycles. The molecular weight excluding hydrogens is 424 g/mol. The van der Waals surface area contributed by atoms with Gasteiger partial charge < -0.3 is 19.9 Å². The Morgan fingerprint density at radius 1 is 1.35 bits per heavy atom. The molecule has 1 aromatic carbocycles. The summed E-state index contributed by atoms with van der Waals surface area (Å²) in [6.07, 6.45) is 12.5. The van der Waals surface area contributed by atoms with Crippen LogP contribution < -0.4 is 5.32 Å². The molecule has 34 heavy (non-hydrogen) atoms. The maximum Gasteiger partial charge on any atom is 0.222 e. The second-order valence-corrected chi connectivity index (χ2v) is 9.02. The molecule has 1 saturated heterocycles. The highest BCUT2D eigenvalue weighted by molar-refractivity contribution is 5.99. The number of nitrogens with one attached hydrogen (secondary N) is 1. The summed E-state index contributed by atoms with van der Waals surface area (Å²) in [5, 5.41) is 3.49. The number of aliphatic imine (C=N–C) groups is 1. The minimum absolute atomic E-state index is 0.249. The molecule has 2 aliphatic rings. The first-order valence-corrected chi connectivity index (χ1v) is 11.9. The number of amides is 1. The number of nitrogens with zero attached hydrogens (tertiary/aromatic N) is 3. The number of rotatable bonds is 8. The molecule has 0 aromatic heterocycles. The fourth-order valence-electron chi connectivity index (χ4n) is 4.45. The fourth-order valence-corrected chi connectivity index (χ4v) is 4.45. The van der Waals surface area contributed by atoms with Crippen LogP contribution in [0.15, 0.2) is 52.6 Å². The van der Waals surface area contributed by atoms with Crippen LogP contribution in [0, 0.1) is 12.3 Å². The summed E-state index contributed by atoms with van der Waals surface area (Å²) < 4.78 is 5.44. The van der Waals surface area contributed by atoms with E-state index in [1.807, 2.05) is 42.1 Å². The standard InChI is InChI=1S/C28H36N4O2/c1-8-21-15-22(17-23(16-21)29-12-13-32-24(9-2)10-11-27(32)33)25(14-19(3)4)28-30-20(5)26(34-7)18-31(28)6/h1,14-18,24,29H,9-13H2,2-7H3/b28-25+. The molecule has 0 bridgehead atoms. The van der Waals surface area contributed by atoms with Gasteiger partial charge in [0.1, 0.15) is 5.82 Å². The lowest BCUT2D eigenvalue weighted by Crippen LogP contribution is -2.36. The Balaban J connectivity index is 1.94. The third kappa shape index (κ3) is 5.72. The van der Waals surface area contributed by atoms with E-state index >= 15 is 0 Å². The van der Waals surface area contributed by atoms with Gasteiger partial charge in [-0.3, -0.25) is 4.79 Å². The summed E-state index contributed by atoms with van der Waals surface area (Å²) >= 11 is 0. The van der Waals surface area contributed by atoms with Gasteiger partial charge in [0.15, 0.2) is 5.76 Å². The van der Waals surface area contributed by atoms with Crippen LogP contribution in [0.3, 0.4) is 0 Å². The fraction of sp³-hybridized carbons (Fsp3) is 0.429. The van der Waals surface area contributed by atoms with Crippen molar-refractivity contribution in [3.8, 4) is 12.3 Å². The summed E-state index contributed by atoms with van der Waals surface area (Å²) in [6.45, 7) is 9.57. The van der Waals surface area contributed by atoms with E-state index in [1.54, 1.807) is 7.11 Å². The zero-order chi connectivity index (χ0) is 24.8. The maximum absolute atomic E-state index is 12.2. The maximum atomic E-state index is 12.2. The number of benzene rings is 1. The van der Waals surface area contributed by atoms with Gasteiger partial charge in [-0.2, -0.15) is 0 Å². The number of likely N-dealkylation sites (tertiary alicyclic amines) is 1. The highest BCUT2D eigenvalue weighted by atomic mass is 16.5. The molecule has 0 saturated carbocycles. The molecule has 0 spiro atoms. The quantitative estimate of drug-likeness (QED) is 0.554. The normalized spacial score (nSPS) is 19.3. The SMILES string of the molecule is C#Cc1cc(NCCN2C(=O)CCC2CC)cc(/C(C=C(C)C)=C2\N=C(C)C(OC)=CN2C)c1. The molecule has 1 atom stereocenters. The van der Waals surface area contributed by atoms with Crippen LogP contribution in [0.5, 0.6) is 0 Å². The topological polar surface area (TPSA) is 57.2 Å². The third-order valence-electron chi connectivity index (χ3n) is 6.19. The van der Waals surface area contributed by atoms with Gasteiger partial charge >= 0.3 is 0 Å². The Bertz CT molecular complexity index is 1100. The lowest BCUT2D eigenvalue weighted by atomic mass is 9.99. The highest BCUT2D eigenvalue weighted by Crippen LogP contribution is 2.30. The second kappa shape index (κ2) is 11.1. The smallest absolute Gasteiger partial charge is 0.222 e. The van der Waals surface area contributed by atoms with E-state index in [4.69, 9.17) is 16.2 Å². The predicted octanol–water partition coefficient (Wildman–Crippen LogP) is 5.01. The Labute approximate surface area is 204 Å². The van der Waals surface area contributed by atoms with Crippen molar-refractivity contribution < 1.29 is 9.53 Å². The number of carbonyl (C=O) groups is 1. The summed E-state index contributed by atoms with van der Waals surface area (Å²) in [6, 6.07) is 6.43. The summed E-state index contributed by atoms with van der Waals surface area (Å²) in [5.41, 5.74) is 5.66. The Kier molecular flexibility index (Phi) is 8.22. The highest BCUT2D eigenvalue weighted by Gasteiger charge is 2.28. The van der Waals surface area contributed by atoms with Gasteiger partial charge in [-0.15, -0.1) is 6.42 Å². The summed E-state index contributed by atoms with van der Waals surface area (Å²) in [5.74, 6) is 4.60. The summed E-state index contributed by atoms with van der Waals surface area (Å²) in [4.78, 5) is 21.1. The van der Waals surface area contributed by atoms with Gasteiger partial charge in [0, 0.05) is 55.6 Å². The van der Waals surface area contributed by atoms with Crippen LogP contribution in [-0.4, -0.2) is 54.7 Å². The lowest BCUT2D eigenvalue weighted by Gasteiger charge is -2.25. The first kappa shape index (κ1) is 25.2. The van der Waals surface area contributed by atoms with E-state index in [1.165, 1.54) is 0 Å². The molecule has 1 aromatic rings. The average Bonchev–Trinajstić information content (AvgIpc) is 3.17. The van der Waals surface area contributed by atoms with Crippen LogP contribution in [-0.2, 0) is 9.53 Å². The zero-order valence-corrected chi connectivity index (χ0v) is 21.2. The van der Waals surface area contributed by atoms with Crippen molar-refractivity contribution in [2.75, 3.05) is 32.6 Å². The van der Waals surface area contributed by atoms with E-state index in [9.17, 15) is 4.79 Å². The monoisotopic (exact) mass is 460 g/mol. The number of terminal acetylenes is 1. The van der Waals surface area contributed by atoms with Crippen molar-refractivity contribution in [1.82, 2.24) is 9.80 Å². The molecule has 3 rings (SSSR count). The van der Waals surface area contributed by atoms with Crippen molar-refractivity contribution >= 4 is 22.9 Å². The number of methoxy groups -OCH3 is 1. The van der Waals surface area contributed by atoms with Crippen molar-refractivity contribution in [1.29, 1.82) is 0 Å². The molecule has 1 unspecified atom stereocenters. The van der Waals surface area contributed by atoms with Crippen molar-refractivity contribution in [3.63, 3.8) is 0 Å². The van der Waals surface area contributed by atoms with E-state index in [2.05, 4.69) is 44.2 Å². The van der Waals surface area contributed by atoms with E-state index in [0.29, 0.717) is 25.6 Å². The Morgan fingerprint density at radius 3 is 2.76 bits per heavy atom. The van der Waals surface area contributed by atoms with Gasteiger partial charge in [-0.05, 0) is 57.4 Å². The van der Waals surface area contributed by atoms with Gasteiger partial charge in [0.2, 0.25) is 5.91 Å². The van der Waals surface area contributed by atoms with Crippen molar-refractivity contribution in [3.05, 3.63) is 58.8 Å². The molecule has 2 heterocycles.